The molecule has 0 spiro atoms. The van der Waals surface area contributed by atoms with Crippen molar-refractivity contribution in [1.82, 2.24) is 9.78 Å². The lowest BCUT2D eigenvalue weighted by atomic mass is 10.1. The van der Waals surface area contributed by atoms with Crippen molar-refractivity contribution in [2.45, 2.75) is 6.55 Å². The van der Waals surface area contributed by atoms with Crippen LogP contribution in [-0.2, 0) is 0 Å². The zero-order valence-corrected chi connectivity index (χ0v) is 8.18. The van der Waals surface area contributed by atoms with Crippen LogP contribution >= 0.6 is 0 Å². The van der Waals surface area contributed by atoms with Gasteiger partial charge in [0.2, 0.25) is 0 Å². The Morgan fingerprint density at radius 3 is 2.38 bits per heavy atom. The molecule has 0 aliphatic carbocycles. The van der Waals surface area contributed by atoms with Crippen LogP contribution in [0.4, 0.5) is 8.78 Å². The summed E-state index contributed by atoms with van der Waals surface area (Å²) in [5.41, 5.74) is 1.89. The van der Waals surface area contributed by atoms with Gasteiger partial charge in [-0.15, -0.1) is 0 Å². The van der Waals surface area contributed by atoms with Crippen LogP contribution in [0.25, 0.3) is 11.1 Å². The summed E-state index contributed by atoms with van der Waals surface area (Å²) < 4.78 is 25.1. The molecule has 0 fully saturated rings. The quantitative estimate of drug-likeness (QED) is 0.748. The Balaban J connectivity index is 2.31. The van der Waals surface area contributed by atoms with Crippen LogP contribution in [0.2, 0.25) is 0 Å². The van der Waals surface area contributed by atoms with Crippen LogP contribution < -0.4 is 0 Å². The SMILES string of the molecule is O=Cc1ccc(-c2cnn(C(F)F)c2)cc1. The van der Waals surface area contributed by atoms with Crippen LogP contribution in [0.3, 0.4) is 0 Å². The first kappa shape index (κ1) is 10.5. The average Bonchev–Trinajstić information content (AvgIpc) is 2.78. The fraction of sp³-hybridized carbons (Fsp3) is 0.0909. The number of carbonyl (C=O) groups excluding carboxylic acids is 1. The van der Waals surface area contributed by atoms with Crippen molar-refractivity contribution >= 4 is 6.29 Å². The summed E-state index contributed by atoms with van der Waals surface area (Å²) in [5, 5.41) is 3.53. The Hall–Kier alpha value is -2.04. The molecule has 0 bridgehead atoms. The summed E-state index contributed by atoms with van der Waals surface area (Å²) in [7, 11) is 0. The molecule has 1 heterocycles. The molecule has 3 nitrogen and oxygen atoms in total. The first-order chi connectivity index (χ1) is 7.70. The Morgan fingerprint density at radius 1 is 1.19 bits per heavy atom. The highest BCUT2D eigenvalue weighted by molar-refractivity contribution is 5.76. The lowest BCUT2D eigenvalue weighted by Crippen LogP contribution is -1.96. The molecule has 0 aliphatic rings. The minimum absolute atomic E-state index is 0.546. The predicted octanol–water partition coefficient (Wildman–Crippen LogP) is 2.76. The van der Waals surface area contributed by atoms with Crippen molar-refractivity contribution in [3.8, 4) is 11.1 Å². The molecule has 2 aromatic rings. The van der Waals surface area contributed by atoms with Gasteiger partial charge in [0.1, 0.15) is 6.29 Å². The van der Waals surface area contributed by atoms with E-state index in [1.807, 2.05) is 0 Å². The molecule has 0 amide bonds. The smallest absolute Gasteiger partial charge is 0.298 e. The van der Waals surface area contributed by atoms with Crippen molar-refractivity contribution in [3.05, 3.63) is 42.2 Å². The van der Waals surface area contributed by atoms with Gasteiger partial charge < -0.3 is 0 Å². The molecule has 2 rings (SSSR count). The van der Waals surface area contributed by atoms with Gasteiger partial charge in [0.25, 0.3) is 0 Å². The van der Waals surface area contributed by atoms with Crippen molar-refractivity contribution in [3.63, 3.8) is 0 Å². The maximum absolute atomic E-state index is 12.3. The van der Waals surface area contributed by atoms with Gasteiger partial charge in [-0.1, -0.05) is 24.3 Å². The van der Waals surface area contributed by atoms with Gasteiger partial charge in [-0.05, 0) is 5.56 Å². The Morgan fingerprint density at radius 2 is 1.88 bits per heavy atom. The van der Waals surface area contributed by atoms with Crippen molar-refractivity contribution in [1.29, 1.82) is 0 Å². The third kappa shape index (κ3) is 1.98. The van der Waals surface area contributed by atoms with Crippen molar-refractivity contribution in [2.75, 3.05) is 0 Å². The lowest BCUT2D eigenvalue weighted by Gasteiger charge is -1.98. The fourth-order valence-corrected chi connectivity index (χ4v) is 1.35. The molecule has 0 radical (unpaired) electrons. The molecule has 0 unspecified atom stereocenters. The highest BCUT2D eigenvalue weighted by atomic mass is 19.3. The maximum Gasteiger partial charge on any atom is 0.333 e. The number of nitrogens with zero attached hydrogens (tertiary/aromatic N) is 2. The summed E-state index contributed by atoms with van der Waals surface area (Å²) in [6.07, 6.45) is 3.36. The van der Waals surface area contributed by atoms with E-state index in [1.54, 1.807) is 24.3 Å². The second kappa shape index (κ2) is 4.22. The van der Waals surface area contributed by atoms with Gasteiger partial charge in [-0.25, -0.2) is 4.68 Å². The second-order valence-corrected chi connectivity index (χ2v) is 3.23. The molecule has 16 heavy (non-hydrogen) atoms. The van der Waals surface area contributed by atoms with E-state index in [0.717, 1.165) is 11.8 Å². The fourth-order valence-electron chi connectivity index (χ4n) is 1.35. The maximum atomic E-state index is 12.3. The Kier molecular flexibility index (Phi) is 2.76. The number of halogens is 2. The third-order valence-electron chi connectivity index (χ3n) is 2.18. The minimum atomic E-state index is -2.64. The summed E-state index contributed by atoms with van der Waals surface area (Å²) in [6.45, 7) is -2.64. The normalized spacial score (nSPS) is 10.7. The van der Waals surface area contributed by atoms with Crippen LogP contribution in [0.1, 0.15) is 16.9 Å². The molecule has 1 aromatic carbocycles. The lowest BCUT2D eigenvalue weighted by molar-refractivity contribution is 0.0566. The van der Waals surface area contributed by atoms with E-state index in [1.165, 1.54) is 12.4 Å². The first-order valence-corrected chi connectivity index (χ1v) is 4.58. The topological polar surface area (TPSA) is 34.9 Å². The molecule has 0 aliphatic heterocycles. The van der Waals surface area contributed by atoms with Gasteiger partial charge in [-0.3, -0.25) is 4.79 Å². The van der Waals surface area contributed by atoms with Crippen LogP contribution in [0.15, 0.2) is 36.7 Å². The molecule has 0 N–H and O–H groups in total. The molecule has 1 aromatic heterocycles. The highest BCUT2D eigenvalue weighted by Gasteiger charge is 2.08. The number of aldehydes is 1. The van der Waals surface area contributed by atoms with Gasteiger partial charge in [0.15, 0.2) is 0 Å². The Bertz CT molecular complexity index is 491. The van der Waals surface area contributed by atoms with E-state index in [2.05, 4.69) is 5.10 Å². The van der Waals surface area contributed by atoms with E-state index in [-0.39, 0.29) is 0 Å². The number of benzene rings is 1. The second-order valence-electron chi connectivity index (χ2n) is 3.23. The number of alkyl halides is 2. The first-order valence-electron chi connectivity index (χ1n) is 4.58. The zero-order valence-electron chi connectivity index (χ0n) is 8.18. The zero-order chi connectivity index (χ0) is 11.5. The number of hydrogen-bond donors (Lipinski definition) is 0. The van der Waals surface area contributed by atoms with Gasteiger partial charge >= 0.3 is 6.55 Å². The van der Waals surface area contributed by atoms with E-state index < -0.39 is 6.55 Å². The molecule has 0 saturated carbocycles. The summed E-state index contributed by atoms with van der Waals surface area (Å²) in [4.78, 5) is 10.4. The van der Waals surface area contributed by atoms with Crippen molar-refractivity contribution in [2.24, 2.45) is 0 Å². The summed E-state index contributed by atoms with van der Waals surface area (Å²) in [5.74, 6) is 0. The predicted molar refractivity (Wildman–Crippen MR) is 54.3 cm³/mol. The number of rotatable bonds is 3. The monoisotopic (exact) mass is 222 g/mol. The summed E-state index contributed by atoms with van der Waals surface area (Å²) in [6, 6.07) is 6.64. The molecular weight excluding hydrogens is 214 g/mol. The highest BCUT2D eigenvalue weighted by Crippen LogP contribution is 2.20. The van der Waals surface area contributed by atoms with Gasteiger partial charge in [-0.2, -0.15) is 13.9 Å². The van der Waals surface area contributed by atoms with E-state index >= 15 is 0 Å². The molecule has 82 valence electrons. The Labute approximate surface area is 90.3 Å². The van der Waals surface area contributed by atoms with Crippen molar-refractivity contribution < 1.29 is 13.6 Å². The number of aromatic nitrogens is 2. The largest absolute Gasteiger partial charge is 0.333 e. The minimum Gasteiger partial charge on any atom is -0.298 e. The van der Waals surface area contributed by atoms with E-state index in [4.69, 9.17) is 0 Å². The number of carbonyl (C=O) groups is 1. The standard InChI is InChI=1S/C11H8F2N2O/c12-11(13)15-6-10(5-14-15)9-3-1-8(7-16)2-4-9/h1-7,11H. The van der Waals surface area contributed by atoms with E-state index in [0.29, 0.717) is 15.8 Å². The molecular formula is C11H8F2N2O. The third-order valence-corrected chi connectivity index (χ3v) is 2.18. The molecule has 5 heteroatoms. The van der Waals surface area contributed by atoms with Gasteiger partial charge in [0.05, 0.1) is 6.20 Å². The molecule has 0 atom stereocenters. The number of hydrogen-bond acceptors (Lipinski definition) is 2. The summed E-state index contributed by atoms with van der Waals surface area (Å²) >= 11 is 0. The van der Waals surface area contributed by atoms with Crippen LogP contribution in [0.5, 0.6) is 0 Å². The average molecular weight is 222 g/mol. The van der Waals surface area contributed by atoms with Crippen LogP contribution in [0, 0.1) is 0 Å². The molecule has 0 saturated heterocycles. The van der Waals surface area contributed by atoms with Crippen LogP contribution in [-0.4, -0.2) is 16.1 Å². The van der Waals surface area contributed by atoms with E-state index in [9.17, 15) is 13.6 Å². The van der Waals surface area contributed by atoms with Gasteiger partial charge in [0, 0.05) is 17.3 Å².